The summed E-state index contributed by atoms with van der Waals surface area (Å²) < 4.78 is 0. The van der Waals surface area contributed by atoms with Crippen molar-refractivity contribution in [1.29, 1.82) is 0 Å². The number of carbonyl (C=O) groups excluding carboxylic acids is 3. The van der Waals surface area contributed by atoms with Crippen LogP contribution in [0.5, 0.6) is 0 Å². The molecule has 0 unspecified atom stereocenters. The minimum absolute atomic E-state index is 0.110. The molecule has 0 spiro atoms. The molecule has 1 aliphatic rings. The van der Waals surface area contributed by atoms with Crippen molar-refractivity contribution in [2.45, 2.75) is 12.8 Å². The van der Waals surface area contributed by atoms with Gasteiger partial charge in [0.05, 0.1) is 0 Å². The van der Waals surface area contributed by atoms with Crippen LogP contribution in [0.3, 0.4) is 0 Å². The molecule has 0 radical (unpaired) electrons. The molecular weight excluding hydrogens is 272 g/mol. The number of hydrogen-bond donors (Lipinski definition) is 2. The molecule has 7 nitrogen and oxygen atoms in total. The lowest BCUT2D eigenvalue weighted by Gasteiger charge is -2.18. The highest BCUT2D eigenvalue weighted by Crippen LogP contribution is 2.12. The van der Waals surface area contributed by atoms with Crippen LogP contribution in [0.15, 0.2) is 29.4 Å². The summed E-state index contributed by atoms with van der Waals surface area (Å²) in [6, 6.07) is 6.51. The molecule has 0 saturated carbocycles. The summed E-state index contributed by atoms with van der Waals surface area (Å²) in [5, 5.41) is 10.3. The number of nitrogens with one attached hydrogen (secondary N) is 2. The molecule has 110 valence electrons. The molecule has 2 N–H and O–H groups in total. The maximum Gasteiger partial charge on any atom is 0.271 e. The van der Waals surface area contributed by atoms with Gasteiger partial charge in [0.15, 0.2) is 0 Å². The van der Waals surface area contributed by atoms with Gasteiger partial charge in [-0.25, -0.2) is 5.01 Å². The van der Waals surface area contributed by atoms with Crippen molar-refractivity contribution in [2.24, 2.45) is 5.10 Å². The Kier molecular flexibility index (Phi) is 4.32. The highest BCUT2D eigenvalue weighted by atomic mass is 16.2. The first-order chi connectivity index (χ1) is 10.0. The minimum Gasteiger partial charge on any atom is -0.355 e. The molecule has 1 heterocycles. The van der Waals surface area contributed by atoms with E-state index in [1.165, 1.54) is 12.1 Å². The zero-order valence-electron chi connectivity index (χ0n) is 11.8. The summed E-state index contributed by atoms with van der Waals surface area (Å²) in [4.78, 5) is 34.7. The van der Waals surface area contributed by atoms with Crippen molar-refractivity contribution in [2.75, 3.05) is 19.4 Å². The van der Waals surface area contributed by atoms with Gasteiger partial charge >= 0.3 is 0 Å². The lowest BCUT2D eigenvalue weighted by Crippen LogP contribution is -2.34. The maximum absolute atomic E-state index is 12.0. The molecule has 1 aliphatic heterocycles. The number of rotatable bonds is 3. The molecule has 1 aromatic rings. The highest BCUT2D eigenvalue weighted by molar-refractivity contribution is 6.43. The van der Waals surface area contributed by atoms with Crippen molar-refractivity contribution in [1.82, 2.24) is 10.3 Å². The van der Waals surface area contributed by atoms with Crippen LogP contribution >= 0.6 is 0 Å². The Labute approximate surface area is 122 Å². The first kappa shape index (κ1) is 14.7. The van der Waals surface area contributed by atoms with Gasteiger partial charge in [-0.3, -0.25) is 14.4 Å². The third-order valence-corrected chi connectivity index (χ3v) is 3.10. The molecule has 0 fully saturated rings. The van der Waals surface area contributed by atoms with E-state index in [2.05, 4.69) is 15.7 Å². The Bertz CT molecular complexity index is 607. The molecule has 0 saturated heterocycles. The number of benzene rings is 1. The molecule has 7 heteroatoms. The minimum atomic E-state index is -0.345. The lowest BCUT2D eigenvalue weighted by atomic mass is 10.1. The Balaban J connectivity index is 2.05. The van der Waals surface area contributed by atoms with Crippen LogP contribution in [0.25, 0.3) is 0 Å². The summed E-state index contributed by atoms with van der Waals surface area (Å²) in [7, 11) is 3.07. The van der Waals surface area contributed by atoms with Gasteiger partial charge in [-0.15, -0.1) is 0 Å². The van der Waals surface area contributed by atoms with E-state index in [0.717, 1.165) is 0 Å². The van der Waals surface area contributed by atoms with Crippen molar-refractivity contribution in [3.05, 3.63) is 29.8 Å². The second-order valence-electron chi connectivity index (χ2n) is 4.57. The van der Waals surface area contributed by atoms with Crippen LogP contribution in [-0.2, 0) is 9.59 Å². The molecular formula is C14H16N4O3. The zero-order valence-corrected chi connectivity index (χ0v) is 11.8. The van der Waals surface area contributed by atoms with Crippen LogP contribution in [-0.4, -0.2) is 42.5 Å². The average Bonchev–Trinajstić information content (AvgIpc) is 2.50. The van der Waals surface area contributed by atoms with Crippen LogP contribution in [0, 0.1) is 0 Å². The topological polar surface area (TPSA) is 90.9 Å². The first-order valence-electron chi connectivity index (χ1n) is 6.49. The van der Waals surface area contributed by atoms with E-state index in [9.17, 15) is 14.4 Å². The number of hydrogen-bond acceptors (Lipinski definition) is 4. The summed E-state index contributed by atoms with van der Waals surface area (Å²) >= 11 is 0. The van der Waals surface area contributed by atoms with Gasteiger partial charge in [-0.2, -0.15) is 5.10 Å². The number of anilines is 1. The number of amides is 3. The van der Waals surface area contributed by atoms with Crippen molar-refractivity contribution in [3.8, 4) is 0 Å². The van der Waals surface area contributed by atoms with Crippen LogP contribution in [0.1, 0.15) is 23.2 Å². The van der Waals surface area contributed by atoms with Crippen molar-refractivity contribution >= 4 is 29.1 Å². The molecule has 0 atom stereocenters. The Morgan fingerprint density at radius 1 is 1.14 bits per heavy atom. The molecule has 2 rings (SSSR count). The lowest BCUT2D eigenvalue weighted by molar-refractivity contribution is -0.130. The fraction of sp³-hybridized carbons (Fsp3) is 0.286. The largest absolute Gasteiger partial charge is 0.355 e. The summed E-state index contributed by atoms with van der Waals surface area (Å²) in [6.07, 6.45) is 0.601. The number of hydrazone groups is 1. The van der Waals surface area contributed by atoms with E-state index in [-0.39, 0.29) is 24.1 Å². The second-order valence-corrected chi connectivity index (χ2v) is 4.57. The average molecular weight is 288 g/mol. The highest BCUT2D eigenvalue weighted by Gasteiger charge is 2.21. The molecule has 0 aliphatic carbocycles. The van der Waals surface area contributed by atoms with E-state index >= 15 is 0 Å². The van der Waals surface area contributed by atoms with E-state index < -0.39 is 0 Å². The standard InChI is InChI=1S/C14H16N4O3/c1-15-13(20)9-3-5-10(6-4-9)16-14(21)11-7-8-12(19)18(2)17-11/h3-6H,7-8H2,1-2H3,(H,15,20)(H,16,21). The van der Waals surface area contributed by atoms with E-state index in [1.54, 1.807) is 31.3 Å². The van der Waals surface area contributed by atoms with Gasteiger partial charge in [-0.05, 0) is 24.3 Å². The van der Waals surface area contributed by atoms with E-state index in [0.29, 0.717) is 23.4 Å². The summed E-state index contributed by atoms with van der Waals surface area (Å²) in [5.74, 6) is -0.645. The number of carbonyl (C=O) groups is 3. The smallest absolute Gasteiger partial charge is 0.271 e. The van der Waals surface area contributed by atoms with Gasteiger partial charge in [0.25, 0.3) is 11.8 Å². The third kappa shape index (κ3) is 3.44. The fourth-order valence-corrected chi connectivity index (χ4v) is 1.89. The third-order valence-electron chi connectivity index (χ3n) is 3.10. The monoisotopic (exact) mass is 288 g/mol. The Hall–Kier alpha value is -2.70. The molecule has 21 heavy (non-hydrogen) atoms. The van der Waals surface area contributed by atoms with Gasteiger partial charge < -0.3 is 10.6 Å². The van der Waals surface area contributed by atoms with E-state index in [4.69, 9.17) is 0 Å². The normalized spacial score (nSPS) is 14.5. The van der Waals surface area contributed by atoms with Crippen LogP contribution in [0.2, 0.25) is 0 Å². The molecule has 0 bridgehead atoms. The maximum atomic E-state index is 12.0. The van der Waals surface area contributed by atoms with Crippen LogP contribution < -0.4 is 10.6 Å². The van der Waals surface area contributed by atoms with Crippen molar-refractivity contribution in [3.63, 3.8) is 0 Å². The zero-order chi connectivity index (χ0) is 15.4. The van der Waals surface area contributed by atoms with E-state index in [1.807, 2.05) is 0 Å². The Morgan fingerprint density at radius 2 is 1.81 bits per heavy atom. The van der Waals surface area contributed by atoms with Crippen molar-refractivity contribution < 1.29 is 14.4 Å². The molecule has 1 aromatic carbocycles. The quantitative estimate of drug-likeness (QED) is 0.853. The van der Waals surface area contributed by atoms with Gasteiger partial charge in [0.2, 0.25) is 5.91 Å². The van der Waals surface area contributed by atoms with Crippen LogP contribution in [0.4, 0.5) is 5.69 Å². The fourth-order valence-electron chi connectivity index (χ4n) is 1.89. The predicted octanol–water partition coefficient (Wildman–Crippen LogP) is 0.593. The SMILES string of the molecule is CNC(=O)c1ccc(NC(=O)C2=NN(C)C(=O)CC2)cc1. The van der Waals surface area contributed by atoms with Gasteiger partial charge in [-0.1, -0.05) is 0 Å². The summed E-state index contributed by atoms with van der Waals surface area (Å²) in [5.41, 5.74) is 1.39. The molecule has 3 amide bonds. The first-order valence-corrected chi connectivity index (χ1v) is 6.49. The molecule has 0 aromatic heterocycles. The second kappa shape index (κ2) is 6.17. The predicted molar refractivity (Wildman–Crippen MR) is 77.9 cm³/mol. The summed E-state index contributed by atoms with van der Waals surface area (Å²) in [6.45, 7) is 0. The van der Waals surface area contributed by atoms with Gasteiger partial charge in [0, 0.05) is 38.2 Å². The van der Waals surface area contributed by atoms with Gasteiger partial charge in [0.1, 0.15) is 5.71 Å². The number of nitrogens with zero attached hydrogens (tertiary/aromatic N) is 2. The Morgan fingerprint density at radius 3 is 2.38 bits per heavy atom.